The predicted molar refractivity (Wildman–Crippen MR) is 105 cm³/mol. The minimum Gasteiger partial charge on any atom is -0.483 e. The Morgan fingerprint density at radius 2 is 1.78 bits per heavy atom. The van der Waals surface area contributed by atoms with Crippen molar-refractivity contribution in [1.82, 2.24) is 10.3 Å². The van der Waals surface area contributed by atoms with E-state index in [4.69, 9.17) is 4.74 Å². The van der Waals surface area contributed by atoms with Crippen molar-refractivity contribution in [2.75, 3.05) is 6.61 Å². The van der Waals surface area contributed by atoms with Crippen LogP contribution in [0.1, 0.15) is 42.9 Å². The number of hydrazine groups is 1. The van der Waals surface area contributed by atoms with Crippen LogP contribution in [0.15, 0.2) is 47.4 Å². The van der Waals surface area contributed by atoms with E-state index >= 15 is 0 Å². The third-order valence-electron chi connectivity index (χ3n) is 4.40. The molecule has 0 unspecified atom stereocenters. The zero-order chi connectivity index (χ0) is 20.0. The van der Waals surface area contributed by atoms with Crippen LogP contribution in [0.4, 0.5) is 0 Å². The number of nitrogens with one attached hydrogen (secondary N) is 2. The number of hydrogen-bond donors (Lipinski definition) is 2. The van der Waals surface area contributed by atoms with Crippen LogP contribution in [-0.4, -0.2) is 20.9 Å². The molecule has 6 nitrogen and oxygen atoms in total. The van der Waals surface area contributed by atoms with Crippen LogP contribution in [0.3, 0.4) is 0 Å². The minimum absolute atomic E-state index is 0.0882. The second-order valence-corrected chi connectivity index (χ2v) is 8.27. The largest absolute Gasteiger partial charge is 0.483 e. The van der Waals surface area contributed by atoms with Crippen molar-refractivity contribution in [2.45, 2.75) is 44.9 Å². The first-order chi connectivity index (χ1) is 12.7. The maximum atomic E-state index is 12.3. The number of hydrogen-bond acceptors (Lipinski definition) is 4. The smallest absolute Gasteiger partial charge is 0.272 e. The Labute approximate surface area is 161 Å². The molecule has 1 atom stereocenters. The molecule has 0 radical (unpaired) electrons. The molecule has 0 heterocycles. The Hall–Kier alpha value is -2.38. The van der Waals surface area contributed by atoms with E-state index in [0.29, 0.717) is 11.7 Å². The highest BCUT2D eigenvalue weighted by atomic mass is 32.2. The summed E-state index contributed by atoms with van der Waals surface area (Å²) in [6, 6.07) is 12.3. The van der Waals surface area contributed by atoms with E-state index in [0.717, 1.165) is 23.1 Å². The lowest BCUT2D eigenvalue weighted by molar-refractivity contribution is -0.123. The Kier molecular flexibility index (Phi) is 6.98. The summed E-state index contributed by atoms with van der Waals surface area (Å²) in [7, 11) is -3.84. The number of sulfonamides is 1. The molecule has 0 aromatic heterocycles. The summed E-state index contributed by atoms with van der Waals surface area (Å²) in [5.41, 5.74) is 5.15. The molecule has 0 fully saturated rings. The van der Waals surface area contributed by atoms with E-state index in [1.165, 1.54) is 12.1 Å². The van der Waals surface area contributed by atoms with Gasteiger partial charge in [-0.25, -0.2) is 8.42 Å². The number of amides is 1. The van der Waals surface area contributed by atoms with Crippen LogP contribution in [0.2, 0.25) is 0 Å². The fraction of sp³-hybridized carbons (Fsp3) is 0.350. The van der Waals surface area contributed by atoms with E-state index in [2.05, 4.69) is 24.1 Å². The van der Waals surface area contributed by atoms with Crippen LogP contribution < -0.4 is 15.0 Å². The molecule has 0 saturated heterocycles. The van der Waals surface area contributed by atoms with Crippen molar-refractivity contribution in [3.05, 3.63) is 59.2 Å². The number of aryl methyl sites for hydroxylation is 2. The number of carbonyl (C=O) groups excluding carboxylic acids is 1. The average Bonchev–Trinajstić information content (AvgIpc) is 2.66. The summed E-state index contributed by atoms with van der Waals surface area (Å²) >= 11 is 0. The first-order valence-corrected chi connectivity index (χ1v) is 10.3. The van der Waals surface area contributed by atoms with Crippen molar-refractivity contribution in [3.8, 4) is 5.75 Å². The first-order valence-electron chi connectivity index (χ1n) is 8.83. The van der Waals surface area contributed by atoms with Gasteiger partial charge >= 0.3 is 0 Å². The van der Waals surface area contributed by atoms with E-state index in [9.17, 15) is 13.2 Å². The van der Waals surface area contributed by atoms with Crippen LogP contribution >= 0.6 is 0 Å². The Morgan fingerprint density at radius 3 is 2.41 bits per heavy atom. The zero-order valence-electron chi connectivity index (χ0n) is 16.1. The van der Waals surface area contributed by atoms with E-state index in [-0.39, 0.29) is 11.5 Å². The number of benzene rings is 2. The van der Waals surface area contributed by atoms with Crippen LogP contribution in [-0.2, 0) is 14.8 Å². The summed E-state index contributed by atoms with van der Waals surface area (Å²) in [4.78, 5) is 14.1. The van der Waals surface area contributed by atoms with Gasteiger partial charge in [-0.2, -0.15) is 0 Å². The number of rotatable bonds is 8. The Bertz CT molecular complexity index is 893. The summed E-state index contributed by atoms with van der Waals surface area (Å²) < 4.78 is 30.0. The van der Waals surface area contributed by atoms with Crippen LogP contribution in [0.25, 0.3) is 0 Å². The molecule has 0 aliphatic heterocycles. The molecular weight excluding hydrogens is 364 g/mol. The maximum absolute atomic E-state index is 12.3. The number of ether oxygens (including phenoxy) is 1. The molecule has 146 valence electrons. The van der Waals surface area contributed by atoms with Crippen LogP contribution in [0, 0.1) is 13.8 Å². The topological polar surface area (TPSA) is 84.5 Å². The number of carbonyl (C=O) groups is 1. The Balaban J connectivity index is 1.92. The highest BCUT2D eigenvalue weighted by molar-refractivity contribution is 7.89. The molecule has 1 amide bonds. The first kappa shape index (κ1) is 20.9. The molecule has 0 saturated carbocycles. The molecule has 2 aromatic rings. The quantitative estimate of drug-likeness (QED) is 0.678. The van der Waals surface area contributed by atoms with Gasteiger partial charge in [-0.3, -0.25) is 10.2 Å². The van der Waals surface area contributed by atoms with Crippen molar-refractivity contribution in [1.29, 1.82) is 0 Å². The van der Waals surface area contributed by atoms with Gasteiger partial charge in [0.2, 0.25) is 0 Å². The molecule has 0 aliphatic carbocycles. The monoisotopic (exact) mass is 390 g/mol. The van der Waals surface area contributed by atoms with E-state index < -0.39 is 15.9 Å². The summed E-state index contributed by atoms with van der Waals surface area (Å²) in [5, 5.41) is 0. The molecule has 0 aliphatic rings. The van der Waals surface area contributed by atoms with Gasteiger partial charge in [-0.15, -0.1) is 4.83 Å². The highest BCUT2D eigenvalue weighted by Gasteiger charge is 2.16. The SMILES string of the molecule is CC[C@@H](C)c1ccc(S(=O)(=O)NNC(=O)COc2cc(C)ccc2C)cc1. The van der Waals surface area contributed by atoms with E-state index in [1.807, 2.05) is 32.0 Å². The standard InChI is InChI=1S/C20H26N2O4S/c1-5-15(3)17-8-10-18(11-9-17)27(24,25)22-21-20(23)13-26-19-12-14(2)6-7-16(19)4/h6-12,15,22H,5,13H2,1-4H3,(H,21,23)/t15-/m1/s1. The molecular formula is C20H26N2O4S. The molecule has 27 heavy (non-hydrogen) atoms. The van der Waals surface area contributed by atoms with Gasteiger partial charge in [-0.05, 0) is 61.1 Å². The van der Waals surface area contributed by atoms with Crippen LogP contribution in [0.5, 0.6) is 5.75 Å². The second-order valence-electron chi connectivity index (χ2n) is 6.59. The molecule has 7 heteroatoms. The molecule has 0 spiro atoms. The van der Waals surface area contributed by atoms with Gasteiger partial charge in [0.1, 0.15) is 5.75 Å². The van der Waals surface area contributed by atoms with Crippen molar-refractivity contribution >= 4 is 15.9 Å². The third kappa shape index (κ3) is 5.80. The summed E-state index contributed by atoms with van der Waals surface area (Å²) in [5.74, 6) is 0.362. The summed E-state index contributed by atoms with van der Waals surface area (Å²) in [6.45, 7) is 7.66. The third-order valence-corrected chi connectivity index (χ3v) is 5.66. The van der Waals surface area contributed by atoms with E-state index in [1.54, 1.807) is 12.1 Å². The lowest BCUT2D eigenvalue weighted by Gasteiger charge is -2.12. The average molecular weight is 391 g/mol. The lowest BCUT2D eigenvalue weighted by atomic mass is 9.99. The van der Waals surface area contributed by atoms with Gasteiger partial charge in [-0.1, -0.05) is 38.1 Å². The maximum Gasteiger partial charge on any atom is 0.272 e. The predicted octanol–water partition coefficient (Wildman–Crippen LogP) is 3.21. The van der Waals surface area contributed by atoms with Gasteiger partial charge in [0.05, 0.1) is 4.90 Å². The molecule has 2 N–H and O–H groups in total. The van der Waals surface area contributed by atoms with Gasteiger partial charge in [0.25, 0.3) is 15.9 Å². The fourth-order valence-corrected chi connectivity index (χ4v) is 3.30. The van der Waals surface area contributed by atoms with Crippen molar-refractivity contribution < 1.29 is 17.9 Å². The fourth-order valence-electron chi connectivity index (χ4n) is 2.44. The molecule has 2 aromatic carbocycles. The van der Waals surface area contributed by atoms with Gasteiger partial charge in [0, 0.05) is 0 Å². The van der Waals surface area contributed by atoms with Gasteiger partial charge in [0.15, 0.2) is 6.61 Å². The zero-order valence-corrected chi connectivity index (χ0v) is 16.9. The van der Waals surface area contributed by atoms with Crippen molar-refractivity contribution in [2.24, 2.45) is 0 Å². The highest BCUT2D eigenvalue weighted by Crippen LogP contribution is 2.20. The normalized spacial score (nSPS) is 12.4. The minimum atomic E-state index is -3.84. The van der Waals surface area contributed by atoms with Gasteiger partial charge < -0.3 is 4.74 Å². The van der Waals surface area contributed by atoms with Crippen molar-refractivity contribution in [3.63, 3.8) is 0 Å². The second kappa shape index (κ2) is 9.01. The lowest BCUT2D eigenvalue weighted by Crippen LogP contribution is -2.43. The Morgan fingerprint density at radius 1 is 1.11 bits per heavy atom. The molecule has 0 bridgehead atoms. The summed E-state index contributed by atoms with van der Waals surface area (Å²) in [6.07, 6.45) is 0.973. The molecule has 2 rings (SSSR count).